The molecule has 1 aliphatic rings. The van der Waals surface area contributed by atoms with Crippen LogP contribution in [-0.4, -0.2) is 39.8 Å². The molecular formula is C26H29N5O3. The van der Waals surface area contributed by atoms with Gasteiger partial charge in [0.1, 0.15) is 12.0 Å². The molecule has 1 fully saturated rings. The number of aromatic nitrogens is 4. The molecule has 0 radical (unpaired) electrons. The molecule has 3 heterocycles. The topological polar surface area (TPSA) is 83.3 Å². The molecule has 0 aliphatic carbocycles. The number of nitrogens with one attached hydrogen (secondary N) is 1. The van der Waals surface area contributed by atoms with E-state index in [-0.39, 0.29) is 6.23 Å². The van der Waals surface area contributed by atoms with Crippen LogP contribution >= 0.6 is 0 Å². The maximum absolute atomic E-state index is 5.99. The van der Waals surface area contributed by atoms with Crippen LogP contribution < -0.4 is 14.8 Å². The van der Waals surface area contributed by atoms with Crippen LogP contribution in [0.3, 0.4) is 0 Å². The molecule has 176 valence electrons. The van der Waals surface area contributed by atoms with Crippen molar-refractivity contribution in [2.45, 2.75) is 38.5 Å². The molecule has 0 bridgehead atoms. The predicted molar refractivity (Wildman–Crippen MR) is 130 cm³/mol. The number of imidazole rings is 1. The molecule has 5 rings (SSSR count). The van der Waals surface area contributed by atoms with Gasteiger partial charge in [0.25, 0.3) is 0 Å². The van der Waals surface area contributed by atoms with Crippen molar-refractivity contribution in [2.24, 2.45) is 0 Å². The SMILES string of the molecule is COc1ccc(CNc2nc(OCCc3ccccc3)nc3c2ncn3C2CCCCO2)cc1. The molecule has 1 aliphatic heterocycles. The fourth-order valence-corrected chi connectivity index (χ4v) is 4.07. The predicted octanol–water partition coefficient (Wildman–Crippen LogP) is 4.77. The van der Waals surface area contributed by atoms with Gasteiger partial charge in [0.05, 0.1) is 20.0 Å². The van der Waals surface area contributed by atoms with Crippen LogP contribution in [0.25, 0.3) is 11.2 Å². The molecule has 8 heteroatoms. The van der Waals surface area contributed by atoms with E-state index in [0.717, 1.165) is 43.6 Å². The molecule has 1 unspecified atom stereocenters. The van der Waals surface area contributed by atoms with Gasteiger partial charge >= 0.3 is 6.01 Å². The molecule has 1 saturated heterocycles. The highest BCUT2D eigenvalue weighted by Crippen LogP contribution is 2.29. The van der Waals surface area contributed by atoms with E-state index in [4.69, 9.17) is 19.2 Å². The molecule has 1 N–H and O–H groups in total. The Bertz CT molecular complexity index is 1200. The summed E-state index contributed by atoms with van der Waals surface area (Å²) in [6.07, 6.45) is 5.65. The van der Waals surface area contributed by atoms with Crippen LogP contribution in [0.5, 0.6) is 11.8 Å². The van der Waals surface area contributed by atoms with E-state index >= 15 is 0 Å². The Morgan fingerprint density at radius 2 is 1.88 bits per heavy atom. The largest absolute Gasteiger partial charge is 0.497 e. The Kier molecular flexibility index (Phi) is 6.86. The van der Waals surface area contributed by atoms with E-state index in [0.29, 0.717) is 36.1 Å². The van der Waals surface area contributed by atoms with Crippen molar-refractivity contribution in [3.8, 4) is 11.8 Å². The second kappa shape index (κ2) is 10.5. The van der Waals surface area contributed by atoms with E-state index in [1.165, 1.54) is 5.56 Å². The lowest BCUT2D eigenvalue weighted by atomic mass is 10.2. The van der Waals surface area contributed by atoms with Crippen LogP contribution in [0, 0.1) is 0 Å². The maximum Gasteiger partial charge on any atom is 0.320 e. The van der Waals surface area contributed by atoms with Crippen molar-refractivity contribution in [2.75, 3.05) is 25.6 Å². The highest BCUT2D eigenvalue weighted by atomic mass is 16.5. The van der Waals surface area contributed by atoms with E-state index in [9.17, 15) is 0 Å². The van der Waals surface area contributed by atoms with Gasteiger partial charge in [0, 0.05) is 19.6 Å². The summed E-state index contributed by atoms with van der Waals surface area (Å²) < 4.78 is 19.2. The number of benzene rings is 2. The van der Waals surface area contributed by atoms with E-state index in [1.54, 1.807) is 13.4 Å². The molecular weight excluding hydrogens is 430 g/mol. The normalized spacial score (nSPS) is 15.9. The van der Waals surface area contributed by atoms with Gasteiger partial charge in [0.2, 0.25) is 0 Å². The van der Waals surface area contributed by atoms with E-state index in [1.807, 2.05) is 47.0 Å². The Labute approximate surface area is 198 Å². The summed E-state index contributed by atoms with van der Waals surface area (Å²) in [7, 11) is 1.66. The van der Waals surface area contributed by atoms with Crippen LogP contribution in [0.4, 0.5) is 5.82 Å². The number of rotatable bonds is 9. The van der Waals surface area contributed by atoms with Gasteiger partial charge in [-0.05, 0) is 42.5 Å². The van der Waals surface area contributed by atoms with Gasteiger partial charge in [0.15, 0.2) is 17.0 Å². The number of hydrogen-bond donors (Lipinski definition) is 1. The minimum atomic E-state index is -0.0692. The standard InChI is InChI=1S/C26H29N5O3/c1-32-21-12-10-20(11-13-21)17-27-24-23-25(31(18-28-23)22-9-5-6-15-33-22)30-26(29-24)34-16-14-19-7-3-2-4-8-19/h2-4,7-8,10-13,18,22H,5-6,9,14-17H2,1H3,(H,27,29,30). The van der Waals surface area contributed by atoms with Crippen molar-refractivity contribution < 1.29 is 14.2 Å². The highest BCUT2D eigenvalue weighted by Gasteiger charge is 2.21. The summed E-state index contributed by atoms with van der Waals surface area (Å²) in [5, 5.41) is 3.42. The van der Waals surface area contributed by atoms with Crippen LogP contribution in [0.15, 0.2) is 60.9 Å². The number of ether oxygens (including phenoxy) is 3. The molecule has 2 aromatic carbocycles. The third-order valence-electron chi connectivity index (χ3n) is 5.95. The number of methoxy groups -OCH3 is 1. The summed E-state index contributed by atoms with van der Waals surface area (Å²) in [6.45, 7) is 1.83. The van der Waals surface area contributed by atoms with Gasteiger partial charge in [-0.2, -0.15) is 9.97 Å². The maximum atomic E-state index is 5.99. The van der Waals surface area contributed by atoms with Gasteiger partial charge in [-0.15, -0.1) is 0 Å². The second-order valence-electron chi connectivity index (χ2n) is 8.29. The Balaban J connectivity index is 1.39. The zero-order valence-corrected chi connectivity index (χ0v) is 19.3. The third kappa shape index (κ3) is 5.12. The quantitative estimate of drug-likeness (QED) is 0.386. The molecule has 2 aromatic heterocycles. The summed E-state index contributed by atoms with van der Waals surface area (Å²) in [6, 6.07) is 18.5. The van der Waals surface area contributed by atoms with Crippen LogP contribution in [0.2, 0.25) is 0 Å². The summed E-state index contributed by atoms with van der Waals surface area (Å²) in [4.78, 5) is 14.0. The minimum Gasteiger partial charge on any atom is -0.497 e. The minimum absolute atomic E-state index is 0.0692. The Morgan fingerprint density at radius 1 is 1.03 bits per heavy atom. The number of fused-ring (bicyclic) bond motifs is 1. The first-order chi connectivity index (χ1) is 16.8. The Morgan fingerprint density at radius 3 is 2.65 bits per heavy atom. The molecule has 0 amide bonds. The van der Waals surface area contributed by atoms with E-state index in [2.05, 4.69) is 27.4 Å². The average molecular weight is 460 g/mol. The summed E-state index contributed by atoms with van der Waals surface area (Å²) in [5.74, 6) is 1.47. The fraction of sp³-hybridized carbons (Fsp3) is 0.346. The number of hydrogen-bond acceptors (Lipinski definition) is 7. The highest BCUT2D eigenvalue weighted by molar-refractivity contribution is 5.83. The first kappa shape index (κ1) is 22.2. The molecule has 4 aromatic rings. The monoisotopic (exact) mass is 459 g/mol. The van der Waals surface area contributed by atoms with Crippen LogP contribution in [0.1, 0.15) is 36.6 Å². The van der Waals surface area contributed by atoms with Gasteiger partial charge < -0.3 is 19.5 Å². The van der Waals surface area contributed by atoms with Crippen LogP contribution in [-0.2, 0) is 17.7 Å². The van der Waals surface area contributed by atoms with Crippen molar-refractivity contribution in [3.05, 3.63) is 72.1 Å². The summed E-state index contributed by atoms with van der Waals surface area (Å²) in [5.41, 5.74) is 3.74. The first-order valence-corrected chi connectivity index (χ1v) is 11.7. The fourth-order valence-electron chi connectivity index (χ4n) is 4.07. The smallest absolute Gasteiger partial charge is 0.320 e. The molecule has 34 heavy (non-hydrogen) atoms. The van der Waals surface area contributed by atoms with Gasteiger partial charge in [-0.1, -0.05) is 42.5 Å². The van der Waals surface area contributed by atoms with Crippen molar-refractivity contribution in [1.82, 2.24) is 19.5 Å². The summed E-state index contributed by atoms with van der Waals surface area (Å²) >= 11 is 0. The number of nitrogens with zero attached hydrogens (tertiary/aromatic N) is 4. The van der Waals surface area contributed by atoms with Crippen molar-refractivity contribution in [3.63, 3.8) is 0 Å². The second-order valence-corrected chi connectivity index (χ2v) is 8.29. The van der Waals surface area contributed by atoms with E-state index < -0.39 is 0 Å². The zero-order valence-electron chi connectivity index (χ0n) is 19.3. The molecule has 0 saturated carbocycles. The van der Waals surface area contributed by atoms with Crippen molar-refractivity contribution in [1.29, 1.82) is 0 Å². The lowest BCUT2D eigenvalue weighted by Gasteiger charge is -2.23. The number of anilines is 1. The van der Waals surface area contributed by atoms with Gasteiger partial charge in [-0.3, -0.25) is 4.57 Å². The lowest BCUT2D eigenvalue weighted by molar-refractivity contribution is -0.0298. The molecule has 0 spiro atoms. The third-order valence-corrected chi connectivity index (χ3v) is 5.95. The first-order valence-electron chi connectivity index (χ1n) is 11.7. The Hall–Kier alpha value is -3.65. The zero-order chi connectivity index (χ0) is 23.2. The lowest BCUT2D eigenvalue weighted by Crippen LogP contribution is -2.18. The van der Waals surface area contributed by atoms with Crippen molar-refractivity contribution >= 4 is 17.0 Å². The molecule has 8 nitrogen and oxygen atoms in total. The average Bonchev–Trinajstić information content (AvgIpc) is 3.33. The van der Waals surface area contributed by atoms with Gasteiger partial charge in [-0.25, -0.2) is 4.98 Å². The molecule has 1 atom stereocenters.